The van der Waals surface area contributed by atoms with Gasteiger partial charge in [0, 0.05) is 24.7 Å². The van der Waals surface area contributed by atoms with Crippen molar-refractivity contribution in [2.75, 3.05) is 21.3 Å². The smallest absolute Gasteiger partial charge is 0.259 e. The quantitative estimate of drug-likeness (QED) is 0.460. The van der Waals surface area contributed by atoms with Gasteiger partial charge >= 0.3 is 0 Å². The molecule has 0 atom stereocenters. The number of fused-ring (bicyclic) bond motifs is 1. The number of hydrogen-bond acceptors (Lipinski definition) is 6. The van der Waals surface area contributed by atoms with Gasteiger partial charge in [-0.1, -0.05) is 47.6 Å². The maximum Gasteiger partial charge on any atom is 0.259 e. The van der Waals surface area contributed by atoms with Crippen LogP contribution in [0.1, 0.15) is 21.6 Å². The molecule has 0 unspecified atom stereocenters. The van der Waals surface area contributed by atoms with Crippen LogP contribution in [0.25, 0.3) is 22.4 Å². The molecule has 2 aromatic carbocycles. The van der Waals surface area contributed by atoms with Crippen molar-refractivity contribution in [2.45, 2.75) is 13.5 Å². The molecule has 158 valence electrons. The monoisotopic (exact) mass is 417 g/mol. The molecule has 0 fully saturated rings. The maximum atomic E-state index is 13.5. The number of aromatic nitrogens is 2. The van der Waals surface area contributed by atoms with E-state index in [9.17, 15) is 4.79 Å². The van der Waals surface area contributed by atoms with Gasteiger partial charge in [0.1, 0.15) is 0 Å². The summed E-state index contributed by atoms with van der Waals surface area (Å²) in [5.41, 5.74) is 3.84. The Morgan fingerprint density at radius 1 is 1.06 bits per heavy atom. The van der Waals surface area contributed by atoms with Crippen LogP contribution >= 0.6 is 0 Å². The third kappa shape index (κ3) is 3.82. The van der Waals surface area contributed by atoms with Crippen LogP contribution in [0.3, 0.4) is 0 Å². The third-order valence-electron chi connectivity index (χ3n) is 5.16. The Kier molecular flexibility index (Phi) is 5.58. The normalized spacial score (nSPS) is 10.8. The summed E-state index contributed by atoms with van der Waals surface area (Å²) in [6.07, 6.45) is 0. The van der Waals surface area contributed by atoms with Crippen LogP contribution in [0.15, 0.2) is 59.1 Å². The molecule has 0 radical (unpaired) electrons. The molecule has 0 saturated carbocycles. The molecule has 4 aromatic rings. The zero-order valence-electron chi connectivity index (χ0n) is 17.9. The predicted octanol–water partition coefficient (Wildman–Crippen LogP) is 4.49. The highest BCUT2D eigenvalue weighted by molar-refractivity contribution is 6.06. The number of amides is 1. The van der Waals surface area contributed by atoms with Crippen LogP contribution < -0.4 is 9.47 Å². The van der Waals surface area contributed by atoms with Gasteiger partial charge in [-0.2, -0.15) is 0 Å². The Morgan fingerprint density at radius 3 is 2.55 bits per heavy atom. The first-order chi connectivity index (χ1) is 15.0. The number of nitrogens with zero attached hydrogens (tertiary/aromatic N) is 3. The van der Waals surface area contributed by atoms with Gasteiger partial charge in [-0.15, -0.1) is 0 Å². The van der Waals surface area contributed by atoms with E-state index in [4.69, 9.17) is 14.0 Å². The highest BCUT2D eigenvalue weighted by Crippen LogP contribution is 2.32. The summed E-state index contributed by atoms with van der Waals surface area (Å²) in [4.78, 5) is 19.7. The van der Waals surface area contributed by atoms with Gasteiger partial charge in [0.15, 0.2) is 11.5 Å². The molecular formula is C24H23N3O4. The highest BCUT2D eigenvalue weighted by atomic mass is 16.5. The van der Waals surface area contributed by atoms with E-state index in [0.29, 0.717) is 46.1 Å². The SMILES string of the molecule is COc1cccc(CN(C)C(=O)c2cc(-c3ccccc3)nc3onc(C)c23)c1OC. The van der Waals surface area contributed by atoms with Gasteiger partial charge in [0.05, 0.1) is 36.6 Å². The second-order valence-electron chi connectivity index (χ2n) is 7.18. The number of pyridine rings is 1. The first kappa shape index (κ1) is 20.4. The van der Waals surface area contributed by atoms with Gasteiger partial charge in [0.2, 0.25) is 0 Å². The molecule has 0 aliphatic rings. The average Bonchev–Trinajstić information content (AvgIpc) is 3.19. The van der Waals surface area contributed by atoms with Crippen molar-refractivity contribution in [1.29, 1.82) is 0 Å². The van der Waals surface area contributed by atoms with Gasteiger partial charge in [-0.3, -0.25) is 4.79 Å². The minimum absolute atomic E-state index is 0.166. The first-order valence-electron chi connectivity index (χ1n) is 9.81. The molecule has 0 aliphatic heterocycles. The number of carbonyl (C=O) groups is 1. The van der Waals surface area contributed by atoms with Gasteiger partial charge in [0.25, 0.3) is 11.6 Å². The second kappa shape index (κ2) is 8.47. The van der Waals surface area contributed by atoms with Crippen LogP contribution in [0, 0.1) is 6.92 Å². The third-order valence-corrected chi connectivity index (χ3v) is 5.16. The zero-order chi connectivity index (χ0) is 22.0. The molecule has 2 aromatic heterocycles. The van der Waals surface area contributed by atoms with Crippen LogP contribution in [-0.4, -0.2) is 42.2 Å². The van der Waals surface area contributed by atoms with E-state index in [1.165, 1.54) is 0 Å². The largest absolute Gasteiger partial charge is 0.493 e. The van der Waals surface area contributed by atoms with E-state index >= 15 is 0 Å². The molecule has 1 amide bonds. The summed E-state index contributed by atoms with van der Waals surface area (Å²) in [5, 5.41) is 4.64. The summed E-state index contributed by atoms with van der Waals surface area (Å²) in [7, 11) is 4.92. The predicted molar refractivity (Wildman–Crippen MR) is 117 cm³/mol. The van der Waals surface area contributed by atoms with Gasteiger partial charge in [-0.05, 0) is 19.1 Å². The van der Waals surface area contributed by atoms with E-state index in [-0.39, 0.29) is 5.91 Å². The standard InChI is InChI=1S/C24H23N3O4/c1-15-21-18(13-19(25-23(21)31-26-15)16-9-6-5-7-10-16)24(28)27(2)14-17-11-8-12-20(29-3)22(17)30-4/h5-13H,14H2,1-4H3. The van der Waals surface area contributed by atoms with E-state index in [1.54, 1.807) is 39.2 Å². The van der Waals surface area contributed by atoms with E-state index in [2.05, 4.69) is 10.1 Å². The van der Waals surface area contributed by atoms with Crippen molar-refractivity contribution in [3.05, 3.63) is 71.4 Å². The number of aryl methyl sites for hydroxylation is 1. The van der Waals surface area contributed by atoms with E-state index in [0.717, 1.165) is 11.1 Å². The fourth-order valence-corrected chi connectivity index (χ4v) is 3.63. The first-order valence-corrected chi connectivity index (χ1v) is 9.81. The van der Waals surface area contributed by atoms with Crippen molar-refractivity contribution in [3.8, 4) is 22.8 Å². The van der Waals surface area contributed by atoms with Crippen molar-refractivity contribution < 1.29 is 18.8 Å². The van der Waals surface area contributed by atoms with Crippen LogP contribution in [0.4, 0.5) is 0 Å². The van der Waals surface area contributed by atoms with Crippen LogP contribution in [0.5, 0.6) is 11.5 Å². The topological polar surface area (TPSA) is 77.7 Å². The molecule has 7 nitrogen and oxygen atoms in total. The zero-order valence-corrected chi connectivity index (χ0v) is 17.9. The molecule has 0 aliphatic carbocycles. The Balaban J connectivity index is 1.74. The molecule has 0 N–H and O–H groups in total. The van der Waals surface area contributed by atoms with Crippen LogP contribution in [-0.2, 0) is 6.54 Å². The minimum Gasteiger partial charge on any atom is -0.493 e. The summed E-state index contributed by atoms with van der Waals surface area (Å²) < 4.78 is 16.3. The molecular weight excluding hydrogens is 394 g/mol. The lowest BCUT2D eigenvalue weighted by Gasteiger charge is -2.20. The van der Waals surface area contributed by atoms with Gasteiger partial charge in [-0.25, -0.2) is 4.98 Å². The Labute approximate surface area is 180 Å². The maximum absolute atomic E-state index is 13.5. The molecule has 31 heavy (non-hydrogen) atoms. The molecule has 7 heteroatoms. The summed E-state index contributed by atoms with van der Waals surface area (Å²) in [6, 6.07) is 17.1. The molecule has 0 saturated heterocycles. The Morgan fingerprint density at radius 2 is 1.84 bits per heavy atom. The van der Waals surface area contributed by atoms with Crippen molar-refractivity contribution in [1.82, 2.24) is 15.0 Å². The Hall–Kier alpha value is -3.87. The summed E-state index contributed by atoms with van der Waals surface area (Å²) in [5.74, 6) is 1.06. The lowest BCUT2D eigenvalue weighted by molar-refractivity contribution is 0.0786. The average molecular weight is 417 g/mol. The van der Waals surface area contributed by atoms with Crippen molar-refractivity contribution in [2.24, 2.45) is 0 Å². The lowest BCUT2D eigenvalue weighted by atomic mass is 10.0. The number of benzene rings is 2. The lowest BCUT2D eigenvalue weighted by Crippen LogP contribution is -2.27. The fraction of sp³-hybridized carbons (Fsp3) is 0.208. The van der Waals surface area contributed by atoms with Gasteiger partial charge < -0.3 is 18.9 Å². The molecule has 0 bridgehead atoms. The number of hydrogen-bond donors (Lipinski definition) is 0. The van der Waals surface area contributed by atoms with Crippen molar-refractivity contribution >= 4 is 17.0 Å². The number of methoxy groups -OCH3 is 2. The number of ether oxygens (including phenoxy) is 2. The van der Waals surface area contributed by atoms with Crippen molar-refractivity contribution in [3.63, 3.8) is 0 Å². The number of para-hydroxylation sites is 1. The number of rotatable bonds is 6. The molecule has 0 spiro atoms. The summed E-state index contributed by atoms with van der Waals surface area (Å²) in [6.45, 7) is 2.14. The van der Waals surface area contributed by atoms with Crippen LogP contribution in [0.2, 0.25) is 0 Å². The van der Waals surface area contributed by atoms with E-state index < -0.39 is 0 Å². The van der Waals surface area contributed by atoms with E-state index in [1.807, 2.05) is 48.5 Å². The molecule has 4 rings (SSSR count). The fourth-order valence-electron chi connectivity index (χ4n) is 3.63. The highest BCUT2D eigenvalue weighted by Gasteiger charge is 2.23. The molecule has 2 heterocycles. The summed E-state index contributed by atoms with van der Waals surface area (Å²) >= 11 is 0. The second-order valence-corrected chi connectivity index (χ2v) is 7.18. The Bertz CT molecular complexity index is 1230. The minimum atomic E-state index is -0.166. The number of carbonyl (C=O) groups excluding carboxylic acids is 1.